The van der Waals surface area contributed by atoms with E-state index in [-0.39, 0.29) is 5.82 Å². The Labute approximate surface area is 135 Å². The van der Waals surface area contributed by atoms with Crippen LogP contribution in [-0.4, -0.2) is 25.0 Å². The summed E-state index contributed by atoms with van der Waals surface area (Å²) in [5.41, 5.74) is 1.63. The summed E-state index contributed by atoms with van der Waals surface area (Å²) < 4.78 is 25.9. The number of likely N-dealkylation sites (tertiary alicyclic amines) is 1. The van der Waals surface area contributed by atoms with Gasteiger partial charge in [0.1, 0.15) is 5.82 Å². The molecule has 2 heterocycles. The molecule has 4 rings (SSSR count). The van der Waals surface area contributed by atoms with Crippen molar-refractivity contribution < 1.29 is 13.9 Å². The van der Waals surface area contributed by atoms with E-state index in [1.54, 1.807) is 18.2 Å². The van der Waals surface area contributed by atoms with Crippen molar-refractivity contribution in [2.24, 2.45) is 0 Å². The van der Waals surface area contributed by atoms with Crippen molar-refractivity contribution in [1.29, 1.82) is 0 Å². The van der Waals surface area contributed by atoms with Gasteiger partial charge in [0.05, 0.1) is 5.56 Å². The molecule has 4 heteroatoms. The van der Waals surface area contributed by atoms with E-state index in [2.05, 4.69) is 18.0 Å². The Morgan fingerprint density at radius 2 is 1.70 bits per heavy atom. The van der Waals surface area contributed by atoms with Crippen molar-refractivity contribution in [3.05, 3.63) is 59.4 Å². The third kappa shape index (κ3) is 2.68. The van der Waals surface area contributed by atoms with Crippen LogP contribution in [0.25, 0.3) is 0 Å². The summed E-state index contributed by atoms with van der Waals surface area (Å²) >= 11 is 0. The molecular weight excluding hydrogens is 293 g/mol. The minimum Gasteiger partial charge on any atom is -0.447 e. The second-order valence-corrected chi connectivity index (χ2v) is 6.34. The van der Waals surface area contributed by atoms with Crippen molar-refractivity contribution in [3.8, 4) is 11.5 Å². The lowest BCUT2D eigenvalue weighted by atomic mass is 9.89. The quantitative estimate of drug-likeness (QED) is 0.833. The van der Waals surface area contributed by atoms with Gasteiger partial charge in [0.2, 0.25) is 0 Å². The normalized spacial score (nSPS) is 21.6. The van der Waals surface area contributed by atoms with Crippen molar-refractivity contribution >= 4 is 0 Å². The van der Waals surface area contributed by atoms with Crippen LogP contribution in [0.3, 0.4) is 0 Å². The van der Waals surface area contributed by atoms with E-state index in [0.29, 0.717) is 11.5 Å². The highest BCUT2D eigenvalue weighted by atomic mass is 19.1. The SMILES string of the molecule is CN1CCC(c2cccc3c2OC(c2ccccc2F)O3)CC1. The molecule has 2 aromatic rings. The molecule has 2 aliphatic rings. The first-order valence-electron chi connectivity index (χ1n) is 8.11. The predicted octanol–water partition coefficient (Wildman–Crippen LogP) is 4.10. The van der Waals surface area contributed by atoms with Crippen LogP contribution in [0.5, 0.6) is 11.5 Å². The van der Waals surface area contributed by atoms with E-state index in [1.807, 2.05) is 12.1 Å². The van der Waals surface area contributed by atoms with Crippen LogP contribution in [-0.2, 0) is 0 Å². The highest BCUT2D eigenvalue weighted by Gasteiger charge is 2.32. The molecule has 1 unspecified atom stereocenters. The number of hydrogen-bond donors (Lipinski definition) is 0. The average Bonchev–Trinajstić information content (AvgIpc) is 3.00. The molecular formula is C19H20FNO2. The van der Waals surface area contributed by atoms with Crippen LogP contribution < -0.4 is 9.47 Å². The molecule has 0 radical (unpaired) electrons. The lowest BCUT2D eigenvalue weighted by Gasteiger charge is -2.29. The van der Waals surface area contributed by atoms with Gasteiger partial charge in [0.15, 0.2) is 11.5 Å². The van der Waals surface area contributed by atoms with Gasteiger partial charge in [-0.3, -0.25) is 0 Å². The van der Waals surface area contributed by atoms with Crippen LogP contribution >= 0.6 is 0 Å². The Morgan fingerprint density at radius 1 is 0.957 bits per heavy atom. The molecule has 0 aromatic heterocycles. The number of nitrogens with zero attached hydrogens (tertiary/aromatic N) is 1. The molecule has 3 nitrogen and oxygen atoms in total. The largest absolute Gasteiger partial charge is 0.447 e. The fourth-order valence-electron chi connectivity index (χ4n) is 3.43. The maximum atomic E-state index is 14.0. The average molecular weight is 313 g/mol. The summed E-state index contributed by atoms with van der Waals surface area (Å²) in [5, 5.41) is 0. The predicted molar refractivity (Wildman–Crippen MR) is 86.3 cm³/mol. The minimum absolute atomic E-state index is 0.300. The number of fused-ring (bicyclic) bond motifs is 1. The Bertz CT molecular complexity index is 710. The molecule has 0 bridgehead atoms. The molecule has 2 aliphatic heterocycles. The maximum Gasteiger partial charge on any atom is 0.270 e. The Hall–Kier alpha value is -2.07. The second-order valence-electron chi connectivity index (χ2n) is 6.34. The molecule has 0 amide bonds. The molecule has 0 spiro atoms. The summed E-state index contributed by atoms with van der Waals surface area (Å²) in [6, 6.07) is 12.6. The van der Waals surface area contributed by atoms with Crippen LogP contribution in [0, 0.1) is 5.82 Å². The van der Waals surface area contributed by atoms with E-state index in [9.17, 15) is 4.39 Å². The van der Waals surface area contributed by atoms with Gasteiger partial charge in [0.25, 0.3) is 6.29 Å². The smallest absolute Gasteiger partial charge is 0.270 e. The number of ether oxygens (including phenoxy) is 2. The zero-order valence-corrected chi connectivity index (χ0v) is 13.2. The summed E-state index contributed by atoms with van der Waals surface area (Å²) in [4.78, 5) is 2.35. The first kappa shape index (κ1) is 14.5. The standard InChI is InChI=1S/C19H20FNO2/c1-21-11-9-13(10-12-21)14-6-4-8-17-18(14)23-19(22-17)15-5-2-3-7-16(15)20/h2-8,13,19H,9-12H2,1H3. The summed E-state index contributed by atoms with van der Waals surface area (Å²) in [5.74, 6) is 1.68. The second kappa shape index (κ2) is 5.85. The lowest BCUT2D eigenvalue weighted by Crippen LogP contribution is -2.29. The molecule has 2 aromatic carbocycles. The number of hydrogen-bond acceptors (Lipinski definition) is 3. The number of rotatable bonds is 2. The molecule has 0 aliphatic carbocycles. The molecule has 0 N–H and O–H groups in total. The topological polar surface area (TPSA) is 21.7 Å². The van der Waals surface area contributed by atoms with Gasteiger partial charge < -0.3 is 14.4 Å². The fourth-order valence-corrected chi connectivity index (χ4v) is 3.43. The fraction of sp³-hybridized carbons (Fsp3) is 0.368. The van der Waals surface area contributed by atoms with E-state index in [1.165, 1.54) is 11.6 Å². The van der Waals surface area contributed by atoms with E-state index in [4.69, 9.17) is 9.47 Å². The molecule has 120 valence electrons. The van der Waals surface area contributed by atoms with Crippen molar-refractivity contribution in [2.75, 3.05) is 20.1 Å². The molecule has 1 atom stereocenters. The molecule has 23 heavy (non-hydrogen) atoms. The third-order valence-electron chi connectivity index (χ3n) is 4.79. The first-order valence-corrected chi connectivity index (χ1v) is 8.11. The third-order valence-corrected chi connectivity index (χ3v) is 4.79. The van der Waals surface area contributed by atoms with Gasteiger partial charge in [0, 0.05) is 5.56 Å². The zero-order chi connectivity index (χ0) is 15.8. The Kier molecular flexibility index (Phi) is 3.69. The van der Waals surface area contributed by atoms with E-state index in [0.717, 1.165) is 37.4 Å². The summed E-state index contributed by atoms with van der Waals surface area (Å²) in [7, 11) is 2.15. The number of para-hydroxylation sites is 1. The number of halogens is 1. The zero-order valence-electron chi connectivity index (χ0n) is 13.2. The molecule has 1 fully saturated rings. The molecule has 1 saturated heterocycles. The monoisotopic (exact) mass is 313 g/mol. The van der Waals surface area contributed by atoms with Gasteiger partial charge >= 0.3 is 0 Å². The van der Waals surface area contributed by atoms with Crippen LogP contribution in [0.2, 0.25) is 0 Å². The van der Waals surface area contributed by atoms with Crippen LogP contribution in [0.1, 0.15) is 36.2 Å². The highest BCUT2D eigenvalue weighted by Crippen LogP contribution is 2.47. The van der Waals surface area contributed by atoms with Gasteiger partial charge in [-0.25, -0.2) is 4.39 Å². The Balaban J connectivity index is 1.62. The highest BCUT2D eigenvalue weighted by molar-refractivity contribution is 5.51. The van der Waals surface area contributed by atoms with E-state index < -0.39 is 6.29 Å². The summed E-state index contributed by atoms with van der Waals surface area (Å²) in [6.45, 7) is 2.18. The van der Waals surface area contributed by atoms with Crippen molar-refractivity contribution in [1.82, 2.24) is 4.90 Å². The van der Waals surface area contributed by atoms with Crippen molar-refractivity contribution in [3.63, 3.8) is 0 Å². The number of piperidine rings is 1. The van der Waals surface area contributed by atoms with Gasteiger partial charge in [-0.2, -0.15) is 0 Å². The number of benzene rings is 2. The maximum absolute atomic E-state index is 14.0. The minimum atomic E-state index is -0.696. The first-order chi connectivity index (χ1) is 11.2. The van der Waals surface area contributed by atoms with Gasteiger partial charge in [-0.1, -0.05) is 24.3 Å². The van der Waals surface area contributed by atoms with Gasteiger partial charge in [-0.05, 0) is 57.1 Å². The van der Waals surface area contributed by atoms with Crippen LogP contribution in [0.4, 0.5) is 4.39 Å². The summed E-state index contributed by atoms with van der Waals surface area (Å²) in [6.07, 6.45) is 1.53. The Morgan fingerprint density at radius 3 is 2.48 bits per heavy atom. The van der Waals surface area contributed by atoms with Gasteiger partial charge in [-0.15, -0.1) is 0 Å². The lowest BCUT2D eigenvalue weighted by molar-refractivity contribution is 0.0446. The van der Waals surface area contributed by atoms with Crippen LogP contribution in [0.15, 0.2) is 42.5 Å². The molecule has 0 saturated carbocycles. The van der Waals surface area contributed by atoms with E-state index >= 15 is 0 Å². The van der Waals surface area contributed by atoms with Crippen molar-refractivity contribution in [2.45, 2.75) is 25.0 Å².